The van der Waals surface area contributed by atoms with Gasteiger partial charge in [-0.2, -0.15) is 0 Å². The van der Waals surface area contributed by atoms with Crippen molar-refractivity contribution < 1.29 is 157 Å². The van der Waals surface area contributed by atoms with E-state index in [4.69, 9.17) is 47.4 Å². The molecule has 7 rings (SSSR count). The first-order valence-electron chi connectivity index (χ1n) is 52.8. The van der Waals surface area contributed by atoms with Gasteiger partial charge in [0.25, 0.3) is 0 Å². The molecule has 0 aromatic carbocycles. The average molecular weight is 2030 g/mol. The summed E-state index contributed by atoms with van der Waals surface area (Å²) in [5, 5.41) is 145. The number of hydrogen-bond acceptors (Lipinski definition) is 32. The lowest BCUT2D eigenvalue weighted by Gasteiger charge is -2.58. The lowest BCUT2D eigenvalue weighted by molar-refractivity contribution is -0.301. The molecule has 41 nitrogen and oxygen atoms in total. The molecule has 142 heavy (non-hydrogen) atoms. The molecule has 0 bridgehead atoms. The third-order valence-corrected chi connectivity index (χ3v) is 29.2. The standard InChI is InChI=1S/C101H175N9O32/c1-5-6-7-8-9-10-11-12-13-14-15-16-17-18-19-34-85(122)139-69-39-44-99(3)68(59-69)35-36-70-72-38-37-71(100(72,4)45-40-73(70)99)67(2)95(132)108-46-26-33-80(117)109-60-84(121)110-101(64-133-56-41-81(118)105-50-27-47-102-77(114)30-20-23-53-136-96-92(129)89(126)86(123)74(61-111)140-96,65-134-57-42-82(119)106-51-28-48-103-78(115)31-21-24-54-137-97-93(130)90(127)87(124)75(62-112)141-97)66-135-58-43-83(120)107-52-29-49-104-79(116)32-22-25-55-138-98-94(131)91(128)88(125)76(63-113)142-98/h12-13,35,67,69-76,86-94,96-98,111-113,123-131H,5-11,14-34,36-66H2,1-4H3,(H,102,114)(H,103,115)(H,104,116)(H,105,118)(H,106,119)(H,107,120)(H,108,132)(H,109,117)(H,110,121)/b13-12-/t67-,69-,70-,71+,72-,73-,74+,75+,76+,86-,87-,88-,89-,90-,91-,92+,93+,94+,96+,97+,98+,99-,100+/m0/s1. The van der Waals surface area contributed by atoms with Gasteiger partial charge in [-0.3, -0.25) is 47.9 Å². The molecule has 7 aliphatic rings. The minimum Gasteiger partial charge on any atom is -0.462 e. The maximum atomic E-state index is 14.3. The molecule has 816 valence electrons. The van der Waals surface area contributed by atoms with Crippen molar-refractivity contribution in [1.29, 1.82) is 0 Å². The van der Waals surface area contributed by atoms with Crippen molar-refractivity contribution in [3.05, 3.63) is 23.8 Å². The minimum absolute atomic E-state index is 0.0312. The van der Waals surface area contributed by atoms with E-state index in [1.165, 1.54) is 63.4 Å². The van der Waals surface area contributed by atoms with E-state index in [1.807, 2.05) is 6.92 Å². The molecule has 3 saturated heterocycles. The van der Waals surface area contributed by atoms with Gasteiger partial charge in [0.2, 0.25) is 53.2 Å². The number of nitrogens with one attached hydrogen (secondary N) is 9. The molecule has 4 aliphatic carbocycles. The van der Waals surface area contributed by atoms with Crippen LogP contribution in [0.1, 0.15) is 278 Å². The molecule has 6 fully saturated rings. The van der Waals surface area contributed by atoms with Crippen molar-refractivity contribution in [2.45, 2.75) is 382 Å². The fraction of sp³-hybridized carbons (Fsp3) is 0.861. The van der Waals surface area contributed by atoms with E-state index in [1.54, 1.807) is 0 Å². The second-order valence-electron chi connectivity index (χ2n) is 40.1. The van der Waals surface area contributed by atoms with Crippen LogP contribution in [0.3, 0.4) is 0 Å². The lowest BCUT2D eigenvalue weighted by Crippen LogP contribution is -2.60. The summed E-state index contributed by atoms with van der Waals surface area (Å²) in [6, 6.07) is 0. The smallest absolute Gasteiger partial charge is 0.306 e. The van der Waals surface area contributed by atoms with Gasteiger partial charge in [-0.1, -0.05) is 103 Å². The number of rotatable bonds is 73. The van der Waals surface area contributed by atoms with Crippen LogP contribution >= 0.6 is 0 Å². The largest absolute Gasteiger partial charge is 0.462 e. The summed E-state index contributed by atoms with van der Waals surface area (Å²) >= 11 is 0. The zero-order valence-electron chi connectivity index (χ0n) is 84.6. The number of hydrogen-bond donors (Lipinski definition) is 21. The predicted molar refractivity (Wildman–Crippen MR) is 519 cm³/mol. The summed E-state index contributed by atoms with van der Waals surface area (Å²) in [6.07, 6.45) is 13.1. The first-order chi connectivity index (χ1) is 68.3. The molecular formula is C101H175N9O32. The molecule has 3 aliphatic heterocycles. The summed E-state index contributed by atoms with van der Waals surface area (Å²) in [6.45, 7) is 6.57. The van der Waals surface area contributed by atoms with E-state index in [9.17, 15) is 109 Å². The zero-order chi connectivity index (χ0) is 103. The topological polar surface area (TPSA) is 614 Å². The van der Waals surface area contributed by atoms with E-state index in [2.05, 4.69) is 86.9 Å². The van der Waals surface area contributed by atoms with Gasteiger partial charge in [0.05, 0.1) is 66.0 Å². The fourth-order valence-electron chi connectivity index (χ4n) is 20.7. The molecule has 0 unspecified atom stereocenters. The molecule has 41 heteroatoms. The number of amides is 9. The number of aliphatic hydroxyl groups excluding tert-OH is 12. The highest BCUT2D eigenvalue weighted by Crippen LogP contribution is 2.67. The summed E-state index contributed by atoms with van der Waals surface area (Å²) in [7, 11) is 0. The van der Waals surface area contributed by atoms with Gasteiger partial charge < -0.3 is 156 Å². The molecule has 3 saturated carbocycles. The van der Waals surface area contributed by atoms with Crippen LogP contribution < -0.4 is 47.9 Å². The average Bonchev–Trinajstić information content (AvgIpc) is 1.42. The van der Waals surface area contributed by atoms with Crippen LogP contribution in [-0.4, -0.2) is 356 Å². The number of esters is 1. The Morgan fingerprint density at radius 3 is 1.23 bits per heavy atom. The Morgan fingerprint density at radius 1 is 0.408 bits per heavy atom. The van der Waals surface area contributed by atoms with E-state index in [0.717, 1.165) is 77.0 Å². The Bertz CT molecular complexity index is 3530. The summed E-state index contributed by atoms with van der Waals surface area (Å²) in [5.41, 5.74) is -0.156. The van der Waals surface area contributed by atoms with E-state index in [0.29, 0.717) is 82.0 Å². The molecule has 21 N–H and O–H groups in total. The molecule has 3 heterocycles. The molecule has 0 aromatic rings. The number of carbonyl (C=O) groups is 10. The van der Waals surface area contributed by atoms with Crippen molar-refractivity contribution in [3.8, 4) is 0 Å². The van der Waals surface area contributed by atoms with Crippen LogP contribution in [0.5, 0.6) is 0 Å². The molecule has 0 aromatic heterocycles. The summed E-state index contributed by atoms with van der Waals surface area (Å²) < 4.78 is 57.1. The van der Waals surface area contributed by atoms with Crippen molar-refractivity contribution in [2.75, 3.05) is 132 Å². The Balaban J connectivity index is 0.880. The number of fused-ring (bicyclic) bond motifs is 5. The summed E-state index contributed by atoms with van der Waals surface area (Å²) in [5.74, 6) is -2.03. The SMILES string of the molecule is CCCCCCCC/C=C\CCCCCCCC(=O)O[C@H]1CC[C@@]2(C)C(=CC[C@H]3[C@@H]4CC[C@H]([C@H](C)C(=O)NCCCC(=O)NCC(=O)NC(COCCC(=O)NCCCNC(=O)CCCCO[C@@H]5O[C@H](CO)[C@H](O)[C@H](O)[C@H]5O)(COCCC(=O)NCCCNC(=O)CCCCO[C@@H]5O[C@H](CO)[C@H](O)[C@H](O)[C@H]5O)COCCC(=O)NCCCNC(=O)CCCCO[C@@H]5O[C@H](CO)[C@H](O)[C@H](O)[C@H]5O)[C@@]4(C)CC[C@@H]32)C1. The van der Waals surface area contributed by atoms with E-state index < -0.39 is 154 Å². The zero-order valence-corrected chi connectivity index (χ0v) is 84.6. The van der Waals surface area contributed by atoms with Crippen molar-refractivity contribution >= 4 is 59.1 Å². The van der Waals surface area contributed by atoms with E-state index >= 15 is 0 Å². The second-order valence-corrected chi connectivity index (χ2v) is 40.1. The van der Waals surface area contributed by atoms with Crippen LogP contribution in [0.15, 0.2) is 23.8 Å². The Hall–Kier alpha value is -6.66. The maximum Gasteiger partial charge on any atom is 0.306 e. The first kappa shape index (κ1) is 122. The van der Waals surface area contributed by atoms with Gasteiger partial charge in [0.15, 0.2) is 18.9 Å². The van der Waals surface area contributed by atoms with Crippen molar-refractivity contribution in [2.24, 2.45) is 40.4 Å². The Labute approximate surface area is 837 Å². The van der Waals surface area contributed by atoms with E-state index in [-0.39, 0.29) is 215 Å². The molecule has 23 atom stereocenters. The van der Waals surface area contributed by atoms with Crippen LogP contribution in [0, 0.1) is 40.4 Å². The molecule has 0 radical (unpaired) electrons. The van der Waals surface area contributed by atoms with Crippen LogP contribution in [0.4, 0.5) is 0 Å². The van der Waals surface area contributed by atoms with Gasteiger partial charge in [-0.15, -0.1) is 0 Å². The normalized spacial score (nSPS) is 28.2. The fourth-order valence-corrected chi connectivity index (χ4v) is 20.7. The van der Waals surface area contributed by atoms with Crippen LogP contribution in [-0.2, 0) is 95.3 Å². The molecular weight excluding hydrogens is 1850 g/mol. The first-order valence-corrected chi connectivity index (χ1v) is 52.8. The van der Waals surface area contributed by atoms with Crippen LogP contribution in [0.2, 0.25) is 0 Å². The number of allylic oxidation sites excluding steroid dienone is 3. The van der Waals surface area contributed by atoms with Crippen molar-refractivity contribution in [3.63, 3.8) is 0 Å². The van der Waals surface area contributed by atoms with Crippen LogP contribution in [0.25, 0.3) is 0 Å². The highest BCUT2D eigenvalue weighted by Gasteiger charge is 2.60. The Morgan fingerprint density at radius 2 is 0.796 bits per heavy atom. The van der Waals surface area contributed by atoms with Gasteiger partial charge >= 0.3 is 5.97 Å². The number of unbranched alkanes of at least 4 members (excludes halogenated alkanes) is 14. The molecule has 0 spiro atoms. The van der Waals surface area contributed by atoms with Gasteiger partial charge in [0.1, 0.15) is 84.9 Å². The lowest BCUT2D eigenvalue weighted by atomic mass is 9.47. The summed E-state index contributed by atoms with van der Waals surface area (Å²) in [4.78, 5) is 133. The highest BCUT2D eigenvalue weighted by molar-refractivity contribution is 5.85. The predicted octanol–water partition coefficient (Wildman–Crippen LogP) is 2.07. The Kier molecular flexibility index (Phi) is 58.0. The maximum absolute atomic E-state index is 14.3. The quantitative estimate of drug-likeness (QED) is 0.0235. The number of ether oxygens (including phenoxy) is 10. The third kappa shape index (κ3) is 42.2. The molecule has 9 amide bonds. The monoisotopic (exact) mass is 2030 g/mol. The minimum atomic E-state index is -1.61. The highest BCUT2D eigenvalue weighted by atomic mass is 16.7. The number of aliphatic hydroxyl groups is 12. The van der Waals surface area contributed by atoms with Gasteiger partial charge in [-0.05, 0) is 176 Å². The second kappa shape index (κ2) is 67.3. The van der Waals surface area contributed by atoms with Gasteiger partial charge in [0, 0.05) is 129 Å². The number of carbonyl (C=O) groups excluding carboxylic acids is 10. The van der Waals surface area contributed by atoms with Crippen molar-refractivity contribution in [1.82, 2.24) is 47.9 Å². The van der Waals surface area contributed by atoms with Gasteiger partial charge in [-0.25, -0.2) is 0 Å². The third-order valence-electron chi connectivity index (χ3n) is 29.2.